The van der Waals surface area contributed by atoms with E-state index in [0.29, 0.717) is 32.0 Å². The van der Waals surface area contributed by atoms with Gasteiger partial charge in [-0.15, -0.1) is 0 Å². The van der Waals surface area contributed by atoms with Crippen LogP contribution in [0.2, 0.25) is 0 Å². The first-order valence-corrected chi connectivity index (χ1v) is 6.55. The molecule has 0 aromatic carbocycles. The lowest BCUT2D eigenvalue weighted by Gasteiger charge is -2.39. The molecule has 1 heterocycles. The Hall–Kier alpha value is -0.650. The third kappa shape index (κ3) is 2.97. The van der Waals surface area contributed by atoms with E-state index < -0.39 is 6.10 Å². The van der Waals surface area contributed by atoms with Crippen molar-refractivity contribution < 1.29 is 15.0 Å². The Morgan fingerprint density at radius 3 is 2.65 bits per heavy atom. The summed E-state index contributed by atoms with van der Waals surface area (Å²) in [5, 5.41) is 21.4. The summed E-state index contributed by atoms with van der Waals surface area (Å²) in [4.78, 5) is 14.2. The number of aliphatic hydroxyl groups excluding tert-OH is 2. The standard InChI is InChI=1S/C12H22N2O3/c15-6-2-5-14(9-3-1-4-9)12(17)11-7-10(16)8-13-11/h9-11,13,15-16H,1-8H2. The summed E-state index contributed by atoms with van der Waals surface area (Å²) in [5.41, 5.74) is 0. The highest BCUT2D eigenvalue weighted by Gasteiger charge is 2.35. The van der Waals surface area contributed by atoms with Crippen LogP contribution in [0.1, 0.15) is 32.1 Å². The van der Waals surface area contributed by atoms with E-state index in [1.165, 1.54) is 6.42 Å². The van der Waals surface area contributed by atoms with Crippen molar-refractivity contribution in [2.24, 2.45) is 0 Å². The number of aliphatic hydroxyl groups is 2. The lowest BCUT2D eigenvalue weighted by molar-refractivity contribution is -0.137. The summed E-state index contributed by atoms with van der Waals surface area (Å²) >= 11 is 0. The average molecular weight is 242 g/mol. The van der Waals surface area contributed by atoms with Gasteiger partial charge in [-0.2, -0.15) is 0 Å². The topological polar surface area (TPSA) is 72.8 Å². The van der Waals surface area contributed by atoms with Crippen molar-refractivity contribution in [3.05, 3.63) is 0 Å². The summed E-state index contributed by atoms with van der Waals surface area (Å²) < 4.78 is 0. The fraction of sp³-hybridized carbons (Fsp3) is 0.917. The number of amides is 1. The smallest absolute Gasteiger partial charge is 0.240 e. The van der Waals surface area contributed by atoms with Crippen LogP contribution in [0, 0.1) is 0 Å². The molecule has 5 nitrogen and oxygen atoms in total. The largest absolute Gasteiger partial charge is 0.396 e. The molecule has 2 aliphatic rings. The molecule has 5 heteroatoms. The first-order chi connectivity index (χ1) is 8.22. The molecule has 1 amide bonds. The summed E-state index contributed by atoms with van der Waals surface area (Å²) in [6, 6.07) is 0.123. The van der Waals surface area contributed by atoms with Crippen molar-refractivity contribution in [3.8, 4) is 0 Å². The summed E-state index contributed by atoms with van der Waals surface area (Å²) in [6.45, 7) is 1.26. The van der Waals surface area contributed by atoms with Crippen molar-refractivity contribution in [2.45, 2.75) is 50.3 Å². The predicted octanol–water partition coefficient (Wildman–Crippen LogP) is -0.527. The normalized spacial score (nSPS) is 29.1. The minimum Gasteiger partial charge on any atom is -0.396 e. The van der Waals surface area contributed by atoms with Gasteiger partial charge in [0.25, 0.3) is 0 Å². The van der Waals surface area contributed by atoms with Gasteiger partial charge < -0.3 is 20.4 Å². The molecule has 2 unspecified atom stereocenters. The molecule has 1 aliphatic carbocycles. The molecule has 3 N–H and O–H groups in total. The van der Waals surface area contributed by atoms with Gasteiger partial charge in [0.05, 0.1) is 12.1 Å². The lowest BCUT2D eigenvalue weighted by atomic mass is 9.90. The molecule has 1 saturated carbocycles. The van der Waals surface area contributed by atoms with Gasteiger partial charge >= 0.3 is 0 Å². The molecule has 2 rings (SSSR count). The van der Waals surface area contributed by atoms with Crippen LogP contribution in [0.25, 0.3) is 0 Å². The number of carbonyl (C=O) groups is 1. The van der Waals surface area contributed by atoms with E-state index in [0.717, 1.165) is 12.8 Å². The highest BCUT2D eigenvalue weighted by molar-refractivity contribution is 5.82. The highest BCUT2D eigenvalue weighted by atomic mass is 16.3. The third-order valence-corrected chi connectivity index (χ3v) is 3.76. The highest BCUT2D eigenvalue weighted by Crippen LogP contribution is 2.26. The molecule has 1 saturated heterocycles. The second kappa shape index (κ2) is 5.80. The van der Waals surface area contributed by atoms with Crippen LogP contribution in [0.4, 0.5) is 0 Å². The Labute approximate surface area is 102 Å². The minimum absolute atomic E-state index is 0.0969. The van der Waals surface area contributed by atoms with E-state index in [1.807, 2.05) is 4.90 Å². The Kier molecular flexibility index (Phi) is 4.36. The molecule has 2 atom stereocenters. The SMILES string of the molecule is O=C(C1CC(O)CN1)N(CCCO)C1CCC1. The zero-order valence-electron chi connectivity index (χ0n) is 10.1. The minimum atomic E-state index is -0.398. The second-order valence-electron chi connectivity index (χ2n) is 5.04. The number of hydrogen-bond acceptors (Lipinski definition) is 4. The van der Waals surface area contributed by atoms with Gasteiger partial charge in [0.1, 0.15) is 0 Å². The molecular weight excluding hydrogens is 220 g/mol. The van der Waals surface area contributed by atoms with Gasteiger partial charge in [-0.1, -0.05) is 0 Å². The quantitative estimate of drug-likeness (QED) is 0.606. The number of nitrogens with one attached hydrogen (secondary N) is 1. The van der Waals surface area contributed by atoms with Gasteiger partial charge in [-0.05, 0) is 32.1 Å². The molecule has 0 aromatic rings. The molecule has 1 aliphatic heterocycles. The van der Waals surface area contributed by atoms with Crippen molar-refractivity contribution in [3.63, 3.8) is 0 Å². The maximum absolute atomic E-state index is 12.3. The number of β-amino-alcohol motifs (C(OH)–C–C–N with tert-alkyl or cyclic N) is 1. The Balaban J connectivity index is 1.91. The molecule has 0 bridgehead atoms. The molecule has 0 radical (unpaired) electrons. The number of carbonyl (C=O) groups excluding carboxylic acids is 1. The maximum Gasteiger partial charge on any atom is 0.240 e. The van der Waals surface area contributed by atoms with Crippen molar-refractivity contribution in [1.82, 2.24) is 10.2 Å². The van der Waals surface area contributed by atoms with Gasteiger partial charge in [-0.3, -0.25) is 4.79 Å². The van der Waals surface area contributed by atoms with Crippen LogP contribution in [0.15, 0.2) is 0 Å². The van der Waals surface area contributed by atoms with Crippen LogP contribution in [0.5, 0.6) is 0 Å². The molecule has 17 heavy (non-hydrogen) atoms. The molecule has 2 fully saturated rings. The Morgan fingerprint density at radius 1 is 1.41 bits per heavy atom. The van der Waals surface area contributed by atoms with E-state index in [4.69, 9.17) is 5.11 Å². The van der Waals surface area contributed by atoms with Crippen LogP contribution >= 0.6 is 0 Å². The van der Waals surface area contributed by atoms with Gasteiger partial charge in [0.2, 0.25) is 5.91 Å². The molecular formula is C12H22N2O3. The van der Waals surface area contributed by atoms with Crippen molar-refractivity contribution >= 4 is 5.91 Å². The summed E-state index contributed by atoms with van der Waals surface area (Å²) in [5.74, 6) is 0.0969. The zero-order valence-corrected chi connectivity index (χ0v) is 10.1. The van der Waals surface area contributed by atoms with Crippen LogP contribution in [-0.4, -0.2) is 58.9 Å². The van der Waals surface area contributed by atoms with Crippen molar-refractivity contribution in [2.75, 3.05) is 19.7 Å². The Morgan fingerprint density at radius 2 is 2.18 bits per heavy atom. The van der Waals surface area contributed by atoms with E-state index in [-0.39, 0.29) is 18.6 Å². The Bertz CT molecular complexity index is 268. The van der Waals surface area contributed by atoms with Crippen LogP contribution in [0.3, 0.4) is 0 Å². The lowest BCUT2D eigenvalue weighted by Crippen LogP contribution is -2.51. The van der Waals surface area contributed by atoms with E-state index in [1.54, 1.807) is 0 Å². The number of hydrogen-bond donors (Lipinski definition) is 3. The molecule has 0 aromatic heterocycles. The average Bonchev–Trinajstić information content (AvgIpc) is 2.67. The molecule has 0 spiro atoms. The fourth-order valence-corrected chi connectivity index (χ4v) is 2.52. The first-order valence-electron chi connectivity index (χ1n) is 6.55. The monoisotopic (exact) mass is 242 g/mol. The number of nitrogens with zero attached hydrogens (tertiary/aromatic N) is 1. The van der Waals surface area contributed by atoms with Gasteiger partial charge in [0.15, 0.2) is 0 Å². The van der Waals surface area contributed by atoms with Crippen LogP contribution in [-0.2, 0) is 4.79 Å². The third-order valence-electron chi connectivity index (χ3n) is 3.76. The predicted molar refractivity (Wildman–Crippen MR) is 63.5 cm³/mol. The number of rotatable bonds is 5. The summed E-state index contributed by atoms with van der Waals surface area (Å²) in [7, 11) is 0. The van der Waals surface area contributed by atoms with Crippen LogP contribution < -0.4 is 5.32 Å². The fourth-order valence-electron chi connectivity index (χ4n) is 2.52. The first kappa shape index (κ1) is 12.8. The van der Waals surface area contributed by atoms with E-state index in [9.17, 15) is 9.90 Å². The van der Waals surface area contributed by atoms with Gasteiger partial charge in [-0.25, -0.2) is 0 Å². The van der Waals surface area contributed by atoms with E-state index >= 15 is 0 Å². The maximum atomic E-state index is 12.3. The van der Waals surface area contributed by atoms with Gasteiger partial charge in [0, 0.05) is 25.7 Å². The van der Waals surface area contributed by atoms with E-state index in [2.05, 4.69) is 5.32 Å². The second-order valence-corrected chi connectivity index (χ2v) is 5.04. The zero-order chi connectivity index (χ0) is 12.3. The molecule has 98 valence electrons. The summed E-state index contributed by atoms with van der Waals surface area (Å²) in [6.07, 6.45) is 4.09. The van der Waals surface area contributed by atoms with Crippen molar-refractivity contribution in [1.29, 1.82) is 0 Å².